The van der Waals surface area contributed by atoms with E-state index in [0.29, 0.717) is 6.61 Å². The first kappa shape index (κ1) is 26.1. The Morgan fingerprint density at radius 1 is 1.22 bits per heavy atom. The zero-order valence-electron chi connectivity index (χ0n) is 22.2. The van der Waals surface area contributed by atoms with Crippen LogP contribution >= 0.6 is 0 Å². The van der Waals surface area contributed by atoms with Gasteiger partial charge in [0.1, 0.15) is 11.9 Å². The van der Waals surface area contributed by atoms with Crippen molar-refractivity contribution in [2.75, 3.05) is 32.1 Å². The molecule has 1 fully saturated rings. The number of carboxylic acids is 1. The highest BCUT2D eigenvalue weighted by Gasteiger charge is 2.37. The maximum absolute atomic E-state index is 12.5. The molecule has 1 aromatic carbocycles. The largest absolute Gasteiger partial charge is 0.480 e. The van der Waals surface area contributed by atoms with Crippen LogP contribution in [0.1, 0.15) is 85.5 Å². The average Bonchev–Trinajstić information content (AvgIpc) is 3.37. The number of aliphatic carboxylic acids is 1. The number of anilines is 1. The van der Waals surface area contributed by atoms with Crippen LogP contribution in [0.15, 0.2) is 30.3 Å². The molecule has 2 aliphatic heterocycles. The Labute approximate surface area is 220 Å². The van der Waals surface area contributed by atoms with Gasteiger partial charge in [0.05, 0.1) is 18.8 Å². The first-order chi connectivity index (χ1) is 18.0. The number of ether oxygens (including phenoxy) is 2. The third kappa shape index (κ3) is 6.00. The molecule has 0 bridgehead atoms. The molecule has 4 atom stereocenters. The Bertz CT molecular complexity index is 1090. The molecule has 1 aliphatic carbocycles. The minimum Gasteiger partial charge on any atom is -0.480 e. The van der Waals surface area contributed by atoms with Crippen LogP contribution in [0.2, 0.25) is 0 Å². The van der Waals surface area contributed by atoms with Crippen LogP contribution in [0.4, 0.5) is 5.82 Å². The minimum absolute atomic E-state index is 0.0809. The van der Waals surface area contributed by atoms with Gasteiger partial charge in [-0.2, -0.15) is 0 Å². The van der Waals surface area contributed by atoms with Crippen LogP contribution < -0.4 is 5.32 Å². The van der Waals surface area contributed by atoms with Crippen LogP contribution in [-0.2, 0) is 33.5 Å². The van der Waals surface area contributed by atoms with Crippen molar-refractivity contribution in [3.63, 3.8) is 0 Å². The maximum Gasteiger partial charge on any atom is 0.325 e. The molecule has 3 aliphatic rings. The summed E-state index contributed by atoms with van der Waals surface area (Å²) in [4.78, 5) is 19.3. The Balaban J connectivity index is 1.11. The molecule has 0 radical (unpaired) electrons. The molecule has 5 rings (SSSR count). The molecule has 2 N–H and O–H groups in total. The molecule has 0 saturated heterocycles. The van der Waals surface area contributed by atoms with Crippen LogP contribution in [0.3, 0.4) is 0 Å². The SMILES string of the molecule is C[C@H]1OCCc2cccc([C@H](C(=O)O)N(C)[C@H]3CC[C@H](OCCCCc4ccc5c(n4)NCCC5)C3)c21. The van der Waals surface area contributed by atoms with Gasteiger partial charge in [-0.1, -0.05) is 24.3 Å². The van der Waals surface area contributed by atoms with Crippen molar-refractivity contribution < 1.29 is 19.4 Å². The summed E-state index contributed by atoms with van der Waals surface area (Å²) in [6.07, 6.45) is 9.10. The smallest absolute Gasteiger partial charge is 0.325 e. The number of likely N-dealkylation sites (N-methyl/N-ethyl adjacent to an activating group) is 1. The van der Waals surface area contributed by atoms with Gasteiger partial charge < -0.3 is 19.9 Å². The number of rotatable bonds is 10. The molecule has 7 heteroatoms. The Morgan fingerprint density at radius 2 is 2.11 bits per heavy atom. The van der Waals surface area contributed by atoms with E-state index in [1.165, 1.54) is 17.5 Å². The summed E-state index contributed by atoms with van der Waals surface area (Å²) < 4.78 is 12.1. The number of aryl methyl sites for hydroxylation is 2. The summed E-state index contributed by atoms with van der Waals surface area (Å²) in [5.41, 5.74) is 5.63. The highest BCUT2D eigenvalue weighted by atomic mass is 16.5. The van der Waals surface area contributed by atoms with Crippen LogP contribution in [-0.4, -0.2) is 59.9 Å². The second kappa shape index (κ2) is 11.9. The van der Waals surface area contributed by atoms with E-state index in [2.05, 4.69) is 28.4 Å². The number of nitrogens with one attached hydrogen (secondary N) is 1. The van der Waals surface area contributed by atoms with E-state index in [9.17, 15) is 9.90 Å². The van der Waals surface area contributed by atoms with E-state index in [0.717, 1.165) is 87.2 Å². The monoisotopic (exact) mass is 507 g/mol. The first-order valence-electron chi connectivity index (χ1n) is 14.0. The van der Waals surface area contributed by atoms with Crippen molar-refractivity contribution in [1.29, 1.82) is 0 Å². The van der Waals surface area contributed by atoms with E-state index < -0.39 is 12.0 Å². The van der Waals surface area contributed by atoms with E-state index >= 15 is 0 Å². The van der Waals surface area contributed by atoms with E-state index in [1.807, 2.05) is 26.1 Å². The predicted octanol–water partition coefficient (Wildman–Crippen LogP) is 5.09. The van der Waals surface area contributed by atoms with Gasteiger partial charge in [0.2, 0.25) is 0 Å². The Kier molecular flexibility index (Phi) is 8.43. The second-order valence-electron chi connectivity index (χ2n) is 10.8. The number of carboxylic acid groups (broad SMARTS) is 1. The molecule has 0 spiro atoms. The third-order valence-electron chi connectivity index (χ3n) is 8.38. The van der Waals surface area contributed by atoms with Gasteiger partial charge in [0, 0.05) is 24.9 Å². The molecular weight excluding hydrogens is 466 g/mol. The maximum atomic E-state index is 12.5. The van der Waals surface area contributed by atoms with Crippen molar-refractivity contribution in [2.24, 2.45) is 0 Å². The highest BCUT2D eigenvalue weighted by Crippen LogP contribution is 2.38. The molecule has 0 unspecified atom stereocenters. The number of unbranched alkanes of at least 4 members (excludes halogenated alkanes) is 1. The summed E-state index contributed by atoms with van der Waals surface area (Å²) in [5, 5.41) is 13.7. The van der Waals surface area contributed by atoms with Crippen molar-refractivity contribution in [1.82, 2.24) is 9.88 Å². The normalized spacial score (nSPS) is 23.8. The highest BCUT2D eigenvalue weighted by molar-refractivity contribution is 5.76. The van der Waals surface area contributed by atoms with Gasteiger partial charge in [-0.3, -0.25) is 9.69 Å². The lowest BCUT2D eigenvalue weighted by Crippen LogP contribution is -2.39. The third-order valence-corrected chi connectivity index (χ3v) is 8.38. The number of benzene rings is 1. The number of hydrogen-bond acceptors (Lipinski definition) is 6. The van der Waals surface area contributed by atoms with Crippen molar-refractivity contribution in [3.8, 4) is 0 Å². The number of nitrogens with zero attached hydrogens (tertiary/aromatic N) is 2. The molecule has 37 heavy (non-hydrogen) atoms. The molecule has 3 heterocycles. The molecule has 1 aromatic heterocycles. The van der Waals surface area contributed by atoms with Gasteiger partial charge in [0.25, 0.3) is 0 Å². The second-order valence-corrected chi connectivity index (χ2v) is 10.8. The molecule has 7 nitrogen and oxygen atoms in total. The number of carbonyl (C=O) groups is 1. The molecule has 1 saturated carbocycles. The Morgan fingerprint density at radius 3 is 2.97 bits per heavy atom. The van der Waals surface area contributed by atoms with E-state index in [4.69, 9.17) is 14.5 Å². The van der Waals surface area contributed by atoms with Crippen molar-refractivity contribution >= 4 is 11.8 Å². The Hall–Kier alpha value is -2.48. The molecular formula is C30H41N3O4. The number of pyridine rings is 1. The topological polar surface area (TPSA) is 83.9 Å². The lowest BCUT2D eigenvalue weighted by Gasteiger charge is -2.34. The first-order valence-corrected chi connectivity index (χ1v) is 14.0. The van der Waals surface area contributed by atoms with Gasteiger partial charge in [-0.25, -0.2) is 4.98 Å². The van der Waals surface area contributed by atoms with Gasteiger partial charge in [0.15, 0.2) is 0 Å². The number of aromatic nitrogens is 1. The number of hydrogen-bond donors (Lipinski definition) is 2. The zero-order valence-corrected chi connectivity index (χ0v) is 22.2. The zero-order chi connectivity index (χ0) is 25.8. The minimum atomic E-state index is -0.802. The van der Waals surface area contributed by atoms with Crippen molar-refractivity contribution in [2.45, 2.75) is 89.0 Å². The van der Waals surface area contributed by atoms with Crippen LogP contribution in [0.5, 0.6) is 0 Å². The molecule has 2 aromatic rings. The predicted molar refractivity (Wildman–Crippen MR) is 144 cm³/mol. The number of fused-ring (bicyclic) bond motifs is 2. The van der Waals surface area contributed by atoms with Gasteiger partial charge in [-0.15, -0.1) is 0 Å². The van der Waals surface area contributed by atoms with E-state index in [1.54, 1.807) is 0 Å². The lowest BCUT2D eigenvalue weighted by molar-refractivity contribution is -0.144. The summed E-state index contributed by atoms with van der Waals surface area (Å²) in [5.74, 6) is 0.266. The summed E-state index contributed by atoms with van der Waals surface area (Å²) in [7, 11) is 1.96. The van der Waals surface area contributed by atoms with Crippen LogP contribution in [0, 0.1) is 0 Å². The fourth-order valence-corrected chi connectivity index (χ4v) is 6.36. The van der Waals surface area contributed by atoms with Crippen molar-refractivity contribution in [3.05, 3.63) is 58.3 Å². The standard InChI is InChI=1S/C30H41N3O4/c1-20-27-21(15-18-36-20)7-5-10-26(27)28(30(34)35)33(2)24-13-14-25(19-24)37-17-4-3-9-23-12-11-22-8-6-16-31-29(22)32-23/h5,7,10-12,20,24-25,28H,3-4,6,8-9,13-19H2,1-2H3,(H,31,32)(H,34,35)/t20-,24+,25+,28-/m1/s1. The van der Waals surface area contributed by atoms with Gasteiger partial charge >= 0.3 is 5.97 Å². The van der Waals surface area contributed by atoms with Crippen LogP contribution in [0.25, 0.3) is 0 Å². The fraction of sp³-hybridized carbons (Fsp3) is 0.600. The lowest BCUT2D eigenvalue weighted by atomic mass is 9.88. The summed E-state index contributed by atoms with van der Waals surface area (Å²) in [6, 6.07) is 9.96. The summed E-state index contributed by atoms with van der Waals surface area (Å²) >= 11 is 0. The molecule has 0 amide bonds. The molecule has 200 valence electrons. The quantitative estimate of drug-likeness (QED) is 0.433. The van der Waals surface area contributed by atoms with E-state index in [-0.39, 0.29) is 18.2 Å². The van der Waals surface area contributed by atoms with Gasteiger partial charge in [-0.05, 0) is 100 Å². The average molecular weight is 508 g/mol. The fourth-order valence-electron chi connectivity index (χ4n) is 6.36. The summed E-state index contributed by atoms with van der Waals surface area (Å²) in [6.45, 7) is 4.48.